The summed E-state index contributed by atoms with van der Waals surface area (Å²) < 4.78 is 0. The molecular formula is C22H34N4. The van der Waals surface area contributed by atoms with Gasteiger partial charge in [0.25, 0.3) is 0 Å². The second-order valence-corrected chi connectivity index (χ2v) is 7.11. The van der Waals surface area contributed by atoms with Crippen molar-refractivity contribution >= 4 is 6.72 Å². The van der Waals surface area contributed by atoms with E-state index in [0.717, 1.165) is 57.7 Å². The first-order chi connectivity index (χ1) is 12.7. The van der Waals surface area contributed by atoms with Crippen LogP contribution in [0, 0.1) is 0 Å². The third-order valence-corrected chi connectivity index (χ3v) is 5.01. The van der Waals surface area contributed by atoms with Crippen LogP contribution in [0.1, 0.15) is 37.8 Å². The van der Waals surface area contributed by atoms with Crippen LogP contribution in [0.3, 0.4) is 0 Å². The van der Waals surface area contributed by atoms with Crippen LogP contribution in [-0.4, -0.2) is 43.8 Å². The molecule has 2 rings (SSSR count). The Bertz CT molecular complexity index is 633. The summed E-state index contributed by atoms with van der Waals surface area (Å²) >= 11 is 0. The number of fused-ring (bicyclic) bond motifs is 1. The minimum Gasteiger partial charge on any atom is -0.330 e. The van der Waals surface area contributed by atoms with Crippen molar-refractivity contribution in [2.45, 2.75) is 45.7 Å². The number of aliphatic imine (C=N–C) groups is 1. The van der Waals surface area contributed by atoms with Gasteiger partial charge in [-0.05, 0) is 70.1 Å². The predicted molar refractivity (Wildman–Crippen MR) is 113 cm³/mol. The lowest BCUT2D eigenvalue weighted by molar-refractivity contribution is 0.248. The van der Waals surface area contributed by atoms with Gasteiger partial charge in [0.2, 0.25) is 0 Å². The molecule has 0 amide bonds. The Morgan fingerprint density at radius 3 is 2.81 bits per heavy atom. The van der Waals surface area contributed by atoms with Crippen molar-refractivity contribution in [3.05, 3.63) is 58.8 Å². The molecule has 0 spiro atoms. The number of rotatable bonds is 10. The number of hydrogen-bond acceptors (Lipinski definition) is 4. The summed E-state index contributed by atoms with van der Waals surface area (Å²) in [5.74, 6) is 0. The number of nitrogens with one attached hydrogen (secondary N) is 1. The molecule has 0 unspecified atom stereocenters. The van der Waals surface area contributed by atoms with E-state index in [1.807, 2.05) is 0 Å². The number of allylic oxidation sites excluding steroid dienone is 3. The molecule has 1 atom stereocenters. The molecule has 142 valence electrons. The van der Waals surface area contributed by atoms with E-state index >= 15 is 0 Å². The van der Waals surface area contributed by atoms with E-state index in [1.54, 1.807) is 0 Å². The fourth-order valence-corrected chi connectivity index (χ4v) is 3.39. The highest BCUT2D eigenvalue weighted by atomic mass is 15.2. The second kappa shape index (κ2) is 11.1. The Balaban J connectivity index is 2.02. The van der Waals surface area contributed by atoms with Crippen LogP contribution in [0.5, 0.6) is 0 Å². The second-order valence-electron chi connectivity index (χ2n) is 7.11. The smallest absolute Gasteiger partial charge is 0.0539 e. The number of unbranched alkanes of at least 4 members (excludes halogenated alkanes) is 1. The molecule has 1 aromatic carbocycles. The largest absolute Gasteiger partial charge is 0.330 e. The van der Waals surface area contributed by atoms with Crippen LogP contribution in [0.4, 0.5) is 0 Å². The molecule has 1 aliphatic heterocycles. The van der Waals surface area contributed by atoms with E-state index in [-0.39, 0.29) is 0 Å². The third kappa shape index (κ3) is 6.52. The lowest BCUT2D eigenvalue weighted by Gasteiger charge is -2.32. The summed E-state index contributed by atoms with van der Waals surface area (Å²) in [4.78, 5) is 6.75. The first kappa shape index (κ1) is 20.6. The van der Waals surface area contributed by atoms with E-state index in [9.17, 15) is 0 Å². The molecule has 1 heterocycles. The quantitative estimate of drug-likeness (QED) is 0.385. The molecule has 0 fully saturated rings. The molecule has 4 heteroatoms. The van der Waals surface area contributed by atoms with Gasteiger partial charge in [0.05, 0.1) is 5.70 Å². The molecule has 0 radical (unpaired) electrons. The van der Waals surface area contributed by atoms with Crippen molar-refractivity contribution in [2.75, 3.05) is 26.2 Å². The van der Waals surface area contributed by atoms with Crippen LogP contribution in [0.25, 0.3) is 0 Å². The minimum absolute atomic E-state index is 0.469. The maximum Gasteiger partial charge on any atom is 0.0539 e. The summed E-state index contributed by atoms with van der Waals surface area (Å²) in [6.07, 6.45) is 7.49. The van der Waals surface area contributed by atoms with Gasteiger partial charge in [0, 0.05) is 25.7 Å². The Labute approximate surface area is 158 Å². The number of hydrogen-bond donors (Lipinski definition) is 2. The van der Waals surface area contributed by atoms with Crippen molar-refractivity contribution in [3.63, 3.8) is 0 Å². The van der Waals surface area contributed by atoms with Crippen LogP contribution < -0.4 is 11.1 Å². The number of benzene rings is 1. The fraction of sp³-hybridized carbons (Fsp3) is 0.500. The van der Waals surface area contributed by atoms with Gasteiger partial charge in [-0.3, -0.25) is 9.89 Å². The van der Waals surface area contributed by atoms with Gasteiger partial charge in [0.1, 0.15) is 0 Å². The van der Waals surface area contributed by atoms with E-state index < -0.39 is 0 Å². The maximum absolute atomic E-state index is 5.69. The summed E-state index contributed by atoms with van der Waals surface area (Å²) in [6, 6.07) is 9.21. The maximum atomic E-state index is 5.69. The van der Waals surface area contributed by atoms with Crippen molar-refractivity contribution < 1.29 is 0 Å². The van der Waals surface area contributed by atoms with Gasteiger partial charge >= 0.3 is 0 Å². The highest BCUT2D eigenvalue weighted by molar-refractivity contribution is 5.33. The predicted octanol–water partition coefficient (Wildman–Crippen LogP) is 3.29. The van der Waals surface area contributed by atoms with Crippen LogP contribution in [0.15, 0.2) is 52.7 Å². The van der Waals surface area contributed by atoms with Gasteiger partial charge in [-0.25, -0.2) is 0 Å². The molecular weight excluding hydrogens is 320 g/mol. The molecule has 0 saturated carbocycles. The minimum atomic E-state index is 0.469. The van der Waals surface area contributed by atoms with Gasteiger partial charge < -0.3 is 11.1 Å². The van der Waals surface area contributed by atoms with Crippen LogP contribution in [-0.2, 0) is 13.0 Å². The SMILES string of the molecule is C=N/C(=C\C(C)=C/C)CN(CCCCN)C[C@H]1Cc2ccccc2CN1. The molecule has 0 bridgehead atoms. The summed E-state index contributed by atoms with van der Waals surface area (Å²) in [5, 5.41) is 3.70. The Morgan fingerprint density at radius 2 is 2.12 bits per heavy atom. The van der Waals surface area contributed by atoms with Crippen LogP contribution >= 0.6 is 0 Å². The van der Waals surface area contributed by atoms with Gasteiger partial charge in [-0.2, -0.15) is 0 Å². The van der Waals surface area contributed by atoms with Crippen molar-refractivity contribution in [3.8, 4) is 0 Å². The normalized spacial score (nSPS) is 18.1. The number of nitrogens with two attached hydrogens (primary N) is 1. The highest BCUT2D eigenvalue weighted by Gasteiger charge is 2.20. The van der Waals surface area contributed by atoms with Crippen molar-refractivity contribution in [1.29, 1.82) is 0 Å². The number of nitrogens with zero attached hydrogens (tertiary/aromatic N) is 2. The Hall–Kier alpha value is -1.75. The first-order valence-corrected chi connectivity index (χ1v) is 9.69. The summed E-state index contributed by atoms with van der Waals surface area (Å²) in [5.41, 5.74) is 10.8. The van der Waals surface area contributed by atoms with Gasteiger partial charge in [-0.15, -0.1) is 0 Å². The zero-order chi connectivity index (χ0) is 18.8. The van der Waals surface area contributed by atoms with Gasteiger partial charge in [0.15, 0.2) is 0 Å². The topological polar surface area (TPSA) is 53.6 Å². The summed E-state index contributed by atoms with van der Waals surface area (Å²) in [6.45, 7) is 12.5. The van der Waals surface area contributed by atoms with Crippen molar-refractivity contribution in [1.82, 2.24) is 10.2 Å². The summed E-state index contributed by atoms with van der Waals surface area (Å²) in [7, 11) is 0. The highest BCUT2D eigenvalue weighted by Crippen LogP contribution is 2.17. The molecule has 0 aromatic heterocycles. The monoisotopic (exact) mass is 354 g/mol. The molecule has 0 saturated heterocycles. The average molecular weight is 355 g/mol. The lowest BCUT2D eigenvalue weighted by Crippen LogP contribution is -2.45. The fourth-order valence-electron chi connectivity index (χ4n) is 3.39. The van der Waals surface area contributed by atoms with E-state index in [2.05, 4.69) is 72.2 Å². The third-order valence-electron chi connectivity index (χ3n) is 5.01. The zero-order valence-electron chi connectivity index (χ0n) is 16.4. The lowest BCUT2D eigenvalue weighted by atomic mass is 9.95. The average Bonchev–Trinajstić information content (AvgIpc) is 2.67. The zero-order valence-corrected chi connectivity index (χ0v) is 16.4. The Morgan fingerprint density at radius 1 is 1.35 bits per heavy atom. The molecule has 1 aromatic rings. The standard InChI is InChI=1S/C22H34N4/c1-4-18(2)13-21(24-3)16-26(12-8-7-11-23)17-22-14-19-9-5-6-10-20(19)15-25-22/h4-6,9-10,13,22,25H,3,7-8,11-12,14-17,23H2,1-2H3/b18-4-,21-13-/t22-/m1/s1. The molecule has 1 aliphatic rings. The molecule has 4 nitrogen and oxygen atoms in total. The van der Waals surface area contributed by atoms with E-state index in [1.165, 1.54) is 16.7 Å². The molecule has 3 N–H and O–H groups in total. The van der Waals surface area contributed by atoms with E-state index in [0.29, 0.717) is 6.04 Å². The molecule has 0 aliphatic carbocycles. The first-order valence-electron chi connectivity index (χ1n) is 9.69. The van der Waals surface area contributed by atoms with Crippen molar-refractivity contribution in [2.24, 2.45) is 10.7 Å². The van der Waals surface area contributed by atoms with Gasteiger partial charge in [-0.1, -0.05) is 35.9 Å². The van der Waals surface area contributed by atoms with Crippen LogP contribution in [0.2, 0.25) is 0 Å². The Kier molecular flexibility index (Phi) is 8.75. The molecule has 26 heavy (non-hydrogen) atoms. The van der Waals surface area contributed by atoms with E-state index in [4.69, 9.17) is 5.73 Å².